The number of halogens is 1. The van der Waals surface area contributed by atoms with Crippen molar-refractivity contribution in [3.8, 4) is 0 Å². The molecule has 0 radical (unpaired) electrons. The summed E-state index contributed by atoms with van der Waals surface area (Å²) in [6.07, 6.45) is 0. The molecule has 3 N–H and O–H groups in total. The fraction of sp³-hybridized carbons (Fsp3) is 0.385. The molecule has 102 valence electrons. The third kappa shape index (κ3) is 2.64. The zero-order valence-corrected chi connectivity index (χ0v) is 11.8. The number of benzene rings is 1. The van der Waals surface area contributed by atoms with Gasteiger partial charge in [-0.3, -0.25) is 14.9 Å². The van der Waals surface area contributed by atoms with Gasteiger partial charge in [0.15, 0.2) is 0 Å². The lowest BCUT2D eigenvalue weighted by atomic mass is 9.86. The van der Waals surface area contributed by atoms with Gasteiger partial charge < -0.3 is 10.2 Å². The maximum Gasteiger partial charge on any atom is 0.321 e. The second-order valence-corrected chi connectivity index (χ2v) is 5.65. The normalized spacial score (nSPS) is 30.2. The first-order valence-corrected chi connectivity index (χ1v) is 6.68. The smallest absolute Gasteiger partial charge is 0.321 e. The van der Waals surface area contributed by atoms with Gasteiger partial charge in [0.25, 0.3) is 0 Å². The van der Waals surface area contributed by atoms with Gasteiger partial charge in [0.1, 0.15) is 6.04 Å². The van der Waals surface area contributed by atoms with E-state index in [2.05, 4.69) is 21.2 Å². The van der Waals surface area contributed by atoms with Crippen LogP contribution in [0.25, 0.3) is 0 Å². The molecule has 4 atom stereocenters. The molecule has 1 aliphatic heterocycles. The highest BCUT2D eigenvalue weighted by molar-refractivity contribution is 9.10. The quantitative estimate of drug-likeness (QED) is 0.789. The monoisotopic (exact) mass is 327 g/mol. The van der Waals surface area contributed by atoms with Crippen LogP contribution in [0.3, 0.4) is 0 Å². The SMILES string of the molecule is CC1C(C(=O)O)NC(c2ccc(Br)cc2)C1C(=O)O. The van der Waals surface area contributed by atoms with Crippen LogP contribution in [0, 0.1) is 11.8 Å². The summed E-state index contributed by atoms with van der Waals surface area (Å²) in [4.78, 5) is 22.5. The average Bonchev–Trinajstić information content (AvgIpc) is 2.68. The van der Waals surface area contributed by atoms with E-state index in [1.54, 1.807) is 19.1 Å². The Morgan fingerprint density at radius 1 is 1.16 bits per heavy atom. The molecule has 1 saturated heterocycles. The highest BCUT2D eigenvalue weighted by Crippen LogP contribution is 2.37. The van der Waals surface area contributed by atoms with Crippen molar-refractivity contribution in [2.24, 2.45) is 11.8 Å². The lowest BCUT2D eigenvalue weighted by molar-refractivity contribution is -0.144. The van der Waals surface area contributed by atoms with E-state index in [-0.39, 0.29) is 0 Å². The Balaban J connectivity index is 2.35. The van der Waals surface area contributed by atoms with Gasteiger partial charge in [0, 0.05) is 10.5 Å². The van der Waals surface area contributed by atoms with Crippen LogP contribution in [0.1, 0.15) is 18.5 Å². The first-order valence-electron chi connectivity index (χ1n) is 5.89. The molecule has 0 saturated carbocycles. The van der Waals surface area contributed by atoms with Gasteiger partial charge in [-0.15, -0.1) is 0 Å². The van der Waals surface area contributed by atoms with E-state index in [4.69, 9.17) is 5.11 Å². The number of hydrogen-bond donors (Lipinski definition) is 3. The van der Waals surface area contributed by atoms with Gasteiger partial charge in [0.05, 0.1) is 5.92 Å². The van der Waals surface area contributed by atoms with Crippen molar-refractivity contribution in [2.45, 2.75) is 19.0 Å². The first kappa shape index (κ1) is 14.0. The standard InChI is InChI=1S/C13H14BrNO4/c1-6-9(12(16)17)11(15-10(6)13(18)19)7-2-4-8(14)5-3-7/h2-6,9-11,15H,1H3,(H,16,17)(H,18,19). The van der Waals surface area contributed by atoms with E-state index < -0.39 is 35.9 Å². The molecular weight excluding hydrogens is 314 g/mol. The largest absolute Gasteiger partial charge is 0.481 e. The predicted molar refractivity (Wildman–Crippen MR) is 71.7 cm³/mol. The molecule has 0 aromatic heterocycles. The summed E-state index contributed by atoms with van der Waals surface area (Å²) in [6, 6.07) is 5.91. The lowest BCUT2D eigenvalue weighted by Crippen LogP contribution is -2.35. The molecule has 0 spiro atoms. The molecular formula is C13H14BrNO4. The van der Waals surface area contributed by atoms with Crippen molar-refractivity contribution in [1.82, 2.24) is 5.32 Å². The average molecular weight is 328 g/mol. The lowest BCUT2D eigenvalue weighted by Gasteiger charge is -2.18. The van der Waals surface area contributed by atoms with Crippen LogP contribution in [0.2, 0.25) is 0 Å². The first-order chi connectivity index (χ1) is 8.91. The van der Waals surface area contributed by atoms with E-state index in [0.29, 0.717) is 0 Å². The minimum atomic E-state index is -1.02. The minimum absolute atomic E-state index is 0.469. The fourth-order valence-corrected chi connectivity index (χ4v) is 2.86. The predicted octanol–water partition coefficient (Wildman–Crippen LogP) is 1.88. The third-order valence-electron chi connectivity index (χ3n) is 3.59. The highest BCUT2D eigenvalue weighted by Gasteiger charge is 2.47. The number of carboxylic acids is 2. The van der Waals surface area contributed by atoms with Crippen molar-refractivity contribution in [2.75, 3.05) is 0 Å². The molecule has 2 rings (SSSR count). The summed E-state index contributed by atoms with van der Waals surface area (Å²) in [6.45, 7) is 1.66. The van der Waals surface area contributed by atoms with Crippen molar-refractivity contribution in [1.29, 1.82) is 0 Å². The Kier molecular flexibility index (Phi) is 3.91. The molecule has 1 aromatic rings. The minimum Gasteiger partial charge on any atom is -0.481 e. The molecule has 1 heterocycles. The maximum atomic E-state index is 11.4. The molecule has 4 unspecified atom stereocenters. The third-order valence-corrected chi connectivity index (χ3v) is 4.12. The molecule has 1 fully saturated rings. The van der Waals surface area contributed by atoms with Crippen molar-refractivity contribution < 1.29 is 19.8 Å². The van der Waals surface area contributed by atoms with E-state index in [9.17, 15) is 14.7 Å². The van der Waals surface area contributed by atoms with Gasteiger partial charge >= 0.3 is 11.9 Å². The summed E-state index contributed by atoms with van der Waals surface area (Å²) in [5.74, 6) is -3.21. The van der Waals surface area contributed by atoms with Crippen LogP contribution in [0.5, 0.6) is 0 Å². The molecule has 6 heteroatoms. The van der Waals surface area contributed by atoms with Crippen molar-refractivity contribution in [3.05, 3.63) is 34.3 Å². The molecule has 0 amide bonds. The second kappa shape index (κ2) is 5.30. The molecule has 19 heavy (non-hydrogen) atoms. The summed E-state index contributed by atoms with van der Waals surface area (Å²) in [7, 11) is 0. The number of carbonyl (C=O) groups is 2. The maximum absolute atomic E-state index is 11.4. The van der Waals surface area contributed by atoms with Crippen LogP contribution in [0.15, 0.2) is 28.7 Å². The van der Waals surface area contributed by atoms with Crippen LogP contribution in [-0.4, -0.2) is 28.2 Å². The molecule has 1 aromatic carbocycles. The summed E-state index contributed by atoms with van der Waals surface area (Å²) in [5.41, 5.74) is 0.784. The molecule has 0 bridgehead atoms. The highest BCUT2D eigenvalue weighted by atomic mass is 79.9. The van der Waals surface area contributed by atoms with Crippen molar-refractivity contribution in [3.63, 3.8) is 0 Å². The van der Waals surface area contributed by atoms with Gasteiger partial charge in [-0.1, -0.05) is 35.0 Å². The Hall–Kier alpha value is -1.40. The fourth-order valence-electron chi connectivity index (χ4n) is 2.60. The van der Waals surface area contributed by atoms with Gasteiger partial charge in [0.2, 0.25) is 0 Å². The van der Waals surface area contributed by atoms with Gasteiger partial charge in [-0.05, 0) is 23.6 Å². The number of carboxylic acid groups (broad SMARTS) is 2. The second-order valence-electron chi connectivity index (χ2n) is 4.73. The molecule has 1 aliphatic rings. The Labute approximate surface area is 118 Å². The van der Waals surface area contributed by atoms with Crippen LogP contribution in [-0.2, 0) is 9.59 Å². The summed E-state index contributed by atoms with van der Waals surface area (Å²) >= 11 is 3.31. The number of hydrogen-bond acceptors (Lipinski definition) is 3. The Morgan fingerprint density at radius 3 is 2.21 bits per heavy atom. The number of aliphatic carboxylic acids is 2. The van der Waals surface area contributed by atoms with Crippen molar-refractivity contribution >= 4 is 27.9 Å². The number of nitrogens with one attached hydrogen (secondary N) is 1. The summed E-state index contributed by atoms with van der Waals surface area (Å²) in [5, 5.41) is 21.4. The molecule has 5 nitrogen and oxygen atoms in total. The Morgan fingerprint density at radius 2 is 1.74 bits per heavy atom. The number of rotatable bonds is 3. The van der Waals surface area contributed by atoms with E-state index in [0.717, 1.165) is 10.0 Å². The summed E-state index contributed by atoms with van der Waals surface area (Å²) < 4.78 is 0.893. The topological polar surface area (TPSA) is 86.6 Å². The van der Waals surface area contributed by atoms with Crippen LogP contribution < -0.4 is 5.32 Å². The zero-order chi connectivity index (χ0) is 14.2. The van der Waals surface area contributed by atoms with E-state index >= 15 is 0 Å². The van der Waals surface area contributed by atoms with Gasteiger partial charge in [-0.2, -0.15) is 0 Å². The van der Waals surface area contributed by atoms with Crippen LogP contribution in [0.4, 0.5) is 0 Å². The zero-order valence-electron chi connectivity index (χ0n) is 10.2. The van der Waals surface area contributed by atoms with E-state index in [1.807, 2.05) is 12.1 Å². The van der Waals surface area contributed by atoms with Crippen LogP contribution >= 0.6 is 15.9 Å². The van der Waals surface area contributed by atoms with E-state index in [1.165, 1.54) is 0 Å². The van der Waals surface area contributed by atoms with Gasteiger partial charge in [-0.25, -0.2) is 0 Å². The molecule has 0 aliphatic carbocycles. The Bertz CT molecular complexity index is 502.